The normalized spacial score (nSPS) is 19.6. The number of hydrogen-bond donors (Lipinski definition) is 2. The summed E-state index contributed by atoms with van der Waals surface area (Å²) in [5, 5.41) is 2.20. The highest BCUT2D eigenvalue weighted by atomic mass is 35.5. The fourth-order valence-corrected chi connectivity index (χ4v) is 1.59. The number of carbonyl (C=O) groups is 2. The highest BCUT2D eigenvalue weighted by Gasteiger charge is 2.40. The van der Waals surface area contributed by atoms with Gasteiger partial charge in [0.05, 0.1) is 6.67 Å². The van der Waals surface area contributed by atoms with Gasteiger partial charge in [-0.15, -0.1) is 12.4 Å². The quantitative estimate of drug-likeness (QED) is 0.677. The number of halogens is 1. The molecule has 3 amide bonds. The molecule has 3 N–H and O–H groups in total. The molecule has 1 aromatic heterocycles. The second-order valence-corrected chi connectivity index (χ2v) is 3.25. The summed E-state index contributed by atoms with van der Waals surface area (Å²) in [4.78, 5) is 28.1. The number of amides is 3. The predicted molar refractivity (Wildman–Crippen MR) is 57.6 cm³/mol. The Bertz CT molecular complexity index is 418. The summed E-state index contributed by atoms with van der Waals surface area (Å²) < 4.78 is 1.69. The summed E-state index contributed by atoms with van der Waals surface area (Å²) in [7, 11) is 1.76. The van der Waals surface area contributed by atoms with E-state index in [1.54, 1.807) is 24.0 Å². The second kappa shape index (κ2) is 4.50. The summed E-state index contributed by atoms with van der Waals surface area (Å²) in [6.07, 6.45) is 3.28. The van der Waals surface area contributed by atoms with Crippen molar-refractivity contribution in [1.29, 1.82) is 0 Å². The first-order chi connectivity index (χ1) is 7.15. The molecule has 7 nitrogen and oxygen atoms in total. The van der Waals surface area contributed by atoms with Crippen LogP contribution in [0.4, 0.5) is 4.79 Å². The van der Waals surface area contributed by atoms with E-state index in [9.17, 15) is 9.59 Å². The van der Waals surface area contributed by atoms with Crippen LogP contribution in [0.25, 0.3) is 0 Å². The number of aromatic nitrogens is 2. The Morgan fingerprint density at radius 1 is 1.56 bits per heavy atom. The molecule has 1 aliphatic heterocycles. The van der Waals surface area contributed by atoms with Crippen molar-refractivity contribution in [2.45, 2.75) is 6.04 Å². The molecule has 2 heterocycles. The van der Waals surface area contributed by atoms with Crippen molar-refractivity contribution in [3.05, 3.63) is 18.2 Å². The molecule has 0 aliphatic carbocycles. The van der Waals surface area contributed by atoms with Crippen LogP contribution >= 0.6 is 12.4 Å². The molecule has 0 bridgehead atoms. The fraction of sp³-hybridized carbons (Fsp3) is 0.375. The summed E-state index contributed by atoms with van der Waals surface area (Å²) in [6.45, 7) is -0.0188. The Hall–Kier alpha value is -1.60. The molecule has 0 aromatic carbocycles. The van der Waals surface area contributed by atoms with Crippen LogP contribution in [-0.2, 0) is 11.8 Å². The molecule has 1 aliphatic rings. The zero-order valence-corrected chi connectivity index (χ0v) is 9.40. The van der Waals surface area contributed by atoms with Crippen molar-refractivity contribution < 1.29 is 9.59 Å². The maximum atomic E-state index is 11.5. The number of imide groups is 1. The van der Waals surface area contributed by atoms with Crippen LogP contribution in [0, 0.1) is 0 Å². The lowest BCUT2D eigenvalue weighted by Crippen LogP contribution is -2.35. The van der Waals surface area contributed by atoms with Gasteiger partial charge in [-0.25, -0.2) is 9.78 Å². The van der Waals surface area contributed by atoms with Gasteiger partial charge in [0.15, 0.2) is 6.04 Å². The fourth-order valence-electron chi connectivity index (χ4n) is 1.59. The highest BCUT2D eigenvalue weighted by molar-refractivity contribution is 6.04. The third kappa shape index (κ3) is 1.74. The van der Waals surface area contributed by atoms with Gasteiger partial charge >= 0.3 is 6.03 Å². The van der Waals surface area contributed by atoms with Gasteiger partial charge in [0.1, 0.15) is 5.82 Å². The molecule has 16 heavy (non-hydrogen) atoms. The Morgan fingerprint density at radius 2 is 2.25 bits per heavy atom. The van der Waals surface area contributed by atoms with Crippen LogP contribution in [0.2, 0.25) is 0 Å². The van der Waals surface area contributed by atoms with Crippen molar-refractivity contribution in [2.75, 3.05) is 6.67 Å². The number of nitrogens with two attached hydrogens (primary N) is 1. The lowest BCUT2D eigenvalue weighted by atomic mass is 10.2. The van der Waals surface area contributed by atoms with E-state index in [4.69, 9.17) is 5.73 Å². The number of hydrogen-bond acceptors (Lipinski definition) is 4. The molecule has 1 aromatic rings. The van der Waals surface area contributed by atoms with Gasteiger partial charge in [-0.2, -0.15) is 0 Å². The first kappa shape index (κ1) is 12.5. The van der Waals surface area contributed by atoms with E-state index < -0.39 is 12.1 Å². The summed E-state index contributed by atoms with van der Waals surface area (Å²) in [5.41, 5.74) is 5.41. The average Bonchev–Trinajstić information content (AvgIpc) is 2.70. The third-order valence-electron chi connectivity index (χ3n) is 2.35. The molecular weight excluding hydrogens is 234 g/mol. The molecule has 8 heteroatoms. The van der Waals surface area contributed by atoms with Crippen molar-refractivity contribution in [2.24, 2.45) is 12.8 Å². The Kier molecular flexibility index (Phi) is 3.51. The number of nitrogens with zero attached hydrogens (tertiary/aromatic N) is 3. The van der Waals surface area contributed by atoms with Crippen LogP contribution in [-0.4, -0.2) is 33.1 Å². The van der Waals surface area contributed by atoms with Crippen molar-refractivity contribution in [3.8, 4) is 0 Å². The van der Waals surface area contributed by atoms with Crippen LogP contribution in [0.15, 0.2) is 12.4 Å². The minimum atomic E-state index is -0.720. The molecule has 0 spiro atoms. The van der Waals surface area contributed by atoms with Crippen LogP contribution in [0.5, 0.6) is 0 Å². The van der Waals surface area contributed by atoms with Gasteiger partial charge in [0, 0.05) is 19.4 Å². The minimum absolute atomic E-state index is 0. The Balaban J connectivity index is 0.00000128. The first-order valence-corrected chi connectivity index (χ1v) is 4.44. The molecule has 1 fully saturated rings. The first-order valence-electron chi connectivity index (χ1n) is 4.44. The van der Waals surface area contributed by atoms with Gasteiger partial charge in [-0.05, 0) is 0 Å². The average molecular weight is 246 g/mol. The molecule has 1 atom stereocenters. The standard InChI is InChI=1S/C8H11N5O2.ClH/c1-12-3-2-10-6(12)5-7(14)11-8(15)13(5)4-9;/h2-3,5H,4,9H2,1H3,(H,11,14,15);1H. The SMILES string of the molecule is Cl.Cn1ccnc1C1C(=O)NC(=O)N1CN. The van der Waals surface area contributed by atoms with E-state index in [1.807, 2.05) is 0 Å². The zero-order chi connectivity index (χ0) is 11.0. The monoisotopic (exact) mass is 245 g/mol. The molecule has 0 saturated carbocycles. The van der Waals surface area contributed by atoms with Crippen LogP contribution < -0.4 is 11.1 Å². The smallest absolute Gasteiger partial charge is 0.326 e. The number of imidazole rings is 1. The Morgan fingerprint density at radius 3 is 2.75 bits per heavy atom. The molecular formula is C8H12ClN5O2. The largest absolute Gasteiger partial charge is 0.336 e. The summed E-state index contributed by atoms with van der Waals surface area (Å²) in [6, 6.07) is -1.20. The van der Waals surface area contributed by atoms with E-state index in [2.05, 4.69) is 10.3 Å². The second-order valence-electron chi connectivity index (χ2n) is 3.25. The van der Waals surface area contributed by atoms with Crippen molar-refractivity contribution in [1.82, 2.24) is 19.8 Å². The molecule has 1 saturated heterocycles. The lowest BCUT2D eigenvalue weighted by molar-refractivity contribution is -0.121. The minimum Gasteiger partial charge on any atom is -0.336 e. The number of nitrogens with one attached hydrogen (secondary N) is 1. The topological polar surface area (TPSA) is 93.2 Å². The van der Waals surface area contributed by atoms with Gasteiger partial charge in [0.25, 0.3) is 5.91 Å². The zero-order valence-electron chi connectivity index (χ0n) is 8.58. The molecule has 0 radical (unpaired) electrons. The number of carbonyl (C=O) groups excluding carboxylic acids is 2. The van der Waals surface area contributed by atoms with Crippen molar-refractivity contribution in [3.63, 3.8) is 0 Å². The lowest BCUT2D eigenvalue weighted by Gasteiger charge is -2.18. The van der Waals surface area contributed by atoms with E-state index >= 15 is 0 Å². The van der Waals surface area contributed by atoms with Gasteiger partial charge in [-0.3, -0.25) is 15.0 Å². The van der Waals surface area contributed by atoms with Crippen LogP contribution in [0.1, 0.15) is 11.9 Å². The molecule has 88 valence electrons. The maximum Gasteiger partial charge on any atom is 0.326 e. The van der Waals surface area contributed by atoms with E-state index in [0.29, 0.717) is 5.82 Å². The number of rotatable bonds is 2. The van der Waals surface area contributed by atoms with Gasteiger partial charge in [-0.1, -0.05) is 0 Å². The van der Waals surface area contributed by atoms with E-state index in [1.165, 1.54) is 4.90 Å². The maximum absolute atomic E-state index is 11.5. The Labute approximate surface area is 98.0 Å². The van der Waals surface area contributed by atoms with Gasteiger partial charge in [0.2, 0.25) is 0 Å². The highest BCUT2D eigenvalue weighted by Crippen LogP contribution is 2.22. The van der Waals surface area contributed by atoms with Gasteiger partial charge < -0.3 is 10.3 Å². The van der Waals surface area contributed by atoms with Crippen LogP contribution in [0.3, 0.4) is 0 Å². The van der Waals surface area contributed by atoms with E-state index in [0.717, 1.165) is 0 Å². The molecule has 2 rings (SSSR count). The van der Waals surface area contributed by atoms with E-state index in [-0.39, 0.29) is 25.0 Å². The summed E-state index contributed by atoms with van der Waals surface area (Å²) >= 11 is 0. The number of aryl methyl sites for hydroxylation is 1. The van der Waals surface area contributed by atoms with Crippen molar-refractivity contribution >= 4 is 24.3 Å². The third-order valence-corrected chi connectivity index (χ3v) is 2.35. The molecule has 1 unspecified atom stereocenters. The predicted octanol–water partition coefficient (Wildman–Crippen LogP) is -0.649. The summed E-state index contributed by atoms with van der Waals surface area (Å²) in [5.74, 6) is 0.114. The number of urea groups is 1.